The summed E-state index contributed by atoms with van der Waals surface area (Å²) < 4.78 is 29.7. The average molecular weight is 299 g/mol. The Kier molecular flexibility index (Phi) is 4.66. The number of hydrogen-bond acceptors (Lipinski definition) is 6. The zero-order valence-corrected chi connectivity index (χ0v) is 12.0. The smallest absolute Gasteiger partial charge is 0.238 e. The van der Waals surface area contributed by atoms with Crippen molar-refractivity contribution in [1.29, 1.82) is 0 Å². The topological polar surface area (TPSA) is 98.2 Å². The lowest BCUT2D eigenvalue weighted by molar-refractivity contribution is -0.120. The van der Waals surface area contributed by atoms with Crippen molar-refractivity contribution in [2.24, 2.45) is 0 Å². The third kappa shape index (κ3) is 3.31. The molecule has 7 nitrogen and oxygen atoms in total. The van der Waals surface area contributed by atoms with Crippen LogP contribution in [0.3, 0.4) is 0 Å². The third-order valence-corrected chi connectivity index (χ3v) is 5.13. The first kappa shape index (κ1) is 14.9. The summed E-state index contributed by atoms with van der Waals surface area (Å²) in [4.78, 5) is 19.4. The van der Waals surface area contributed by atoms with Crippen molar-refractivity contribution in [1.82, 2.24) is 15.3 Å². The van der Waals surface area contributed by atoms with Crippen molar-refractivity contribution >= 4 is 15.7 Å². The van der Waals surface area contributed by atoms with Crippen LogP contribution in [0.15, 0.2) is 23.6 Å². The fraction of sp³-hybridized carbons (Fsp3) is 0.583. The molecule has 0 radical (unpaired) electrons. The van der Waals surface area contributed by atoms with Gasteiger partial charge in [-0.1, -0.05) is 0 Å². The van der Waals surface area contributed by atoms with Gasteiger partial charge in [0.05, 0.1) is 12.3 Å². The van der Waals surface area contributed by atoms with Gasteiger partial charge in [-0.05, 0) is 19.8 Å². The normalized spacial score (nSPS) is 20.6. The van der Waals surface area contributed by atoms with E-state index >= 15 is 0 Å². The van der Waals surface area contributed by atoms with Crippen LogP contribution in [0.4, 0.5) is 0 Å². The molecule has 1 N–H and O–H groups in total. The van der Waals surface area contributed by atoms with Crippen LogP contribution in [0.2, 0.25) is 0 Å². The molecule has 1 amide bonds. The van der Waals surface area contributed by atoms with E-state index in [0.717, 1.165) is 19.0 Å². The third-order valence-electron chi connectivity index (χ3n) is 3.19. The average Bonchev–Trinajstić information content (AvgIpc) is 2.98. The predicted octanol–water partition coefficient (Wildman–Crippen LogP) is -0.0660. The molecule has 1 aliphatic rings. The number of nitrogens with zero attached hydrogens (tertiary/aromatic N) is 2. The summed E-state index contributed by atoms with van der Waals surface area (Å²) in [6.45, 7) is 2.36. The molecule has 0 aromatic carbocycles. The van der Waals surface area contributed by atoms with E-state index in [-0.39, 0.29) is 11.1 Å². The second-order valence-electron chi connectivity index (χ2n) is 4.61. The molecule has 8 heteroatoms. The first-order chi connectivity index (χ1) is 9.51. The minimum atomic E-state index is -3.81. The summed E-state index contributed by atoms with van der Waals surface area (Å²) in [5.74, 6) is -0.550. The number of carbonyl (C=O) groups excluding carboxylic acids is 1. The zero-order valence-electron chi connectivity index (χ0n) is 11.2. The van der Waals surface area contributed by atoms with Gasteiger partial charge in [0.2, 0.25) is 15.7 Å². The molecule has 2 heterocycles. The standard InChI is InChI=1S/C12H17N3O4S/c1-9(12(16)15-7-10-3-2-6-19-10)20(17,18)11-8-13-4-5-14-11/h4-5,8-10H,2-3,6-7H2,1H3,(H,15,16)/t9-,10-/m1/s1. The summed E-state index contributed by atoms with van der Waals surface area (Å²) in [6.07, 6.45) is 5.62. The van der Waals surface area contributed by atoms with E-state index in [2.05, 4.69) is 15.3 Å². The molecule has 0 bridgehead atoms. The molecular formula is C12H17N3O4S. The van der Waals surface area contributed by atoms with Crippen molar-refractivity contribution in [2.45, 2.75) is 36.1 Å². The largest absolute Gasteiger partial charge is 0.376 e. The van der Waals surface area contributed by atoms with Gasteiger partial charge < -0.3 is 10.1 Å². The Balaban J connectivity index is 1.98. The molecule has 0 spiro atoms. The van der Waals surface area contributed by atoms with E-state index in [1.165, 1.54) is 19.3 Å². The molecule has 0 unspecified atom stereocenters. The Labute approximate surface area is 117 Å². The maximum Gasteiger partial charge on any atom is 0.238 e. The minimum Gasteiger partial charge on any atom is -0.376 e. The highest BCUT2D eigenvalue weighted by molar-refractivity contribution is 7.92. The van der Waals surface area contributed by atoms with Crippen molar-refractivity contribution in [2.75, 3.05) is 13.2 Å². The van der Waals surface area contributed by atoms with Gasteiger partial charge in [-0.25, -0.2) is 13.4 Å². The van der Waals surface area contributed by atoms with Gasteiger partial charge in [0.1, 0.15) is 5.25 Å². The highest BCUT2D eigenvalue weighted by atomic mass is 32.2. The fourth-order valence-electron chi connectivity index (χ4n) is 1.92. The van der Waals surface area contributed by atoms with Crippen LogP contribution < -0.4 is 5.32 Å². The SMILES string of the molecule is C[C@H](C(=O)NC[C@H]1CCCO1)S(=O)(=O)c1cnccn1. The second kappa shape index (κ2) is 6.27. The molecule has 20 heavy (non-hydrogen) atoms. The summed E-state index contributed by atoms with van der Waals surface area (Å²) in [5.41, 5.74) is 0. The van der Waals surface area contributed by atoms with Crippen molar-refractivity contribution < 1.29 is 17.9 Å². The quantitative estimate of drug-likeness (QED) is 0.817. The minimum absolute atomic E-state index is 0.0228. The highest BCUT2D eigenvalue weighted by Gasteiger charge is 2.31. The van der Waals surface area contributed by atoms with Crippen LogP contribution in [-0.4, -0.2) is 48.8 Å². The molecule has 0 saturated carbocycles. The molecule has 2 atom stereocenters. The number of ether oxygens (including phenoxy) is 1. The van der Waals surface area contributed by atoms with Gasteiger partial charge in [0.25, 0.3) is 0 Å². The summed E-state index contributed by atoms with van der Waals surface area (Å²) in [7, 11) is -3.81. The summed E-state index contributed by atoms with van der Waals surface area (Å²) >= 11 is 0. The van der Waals surface area contributed by atoms with Crippen LogP contribution in [0.25, 0.3) is 0 Å². The predicted molar refractivity (Wildman–Crippen MR) is 70.7 cm³/mol. The van der Waals surface area contributed by atoms with E-state index in [4.69, 9.17) is 4.74 Å². The number of rotatable bonds is 5. The molecule has 1 saturated heterocycles. The van der Waals surface area contributed by atoms with Gasteiger partial charge in [-0.15, -0.1) is 0 Å². The Bertz CT molecular complexity index is 555. The van der Waals surface area contributed by atoms with Gasteiger partial charge >= 0.3 is 0 Å². The number of amides is 1. The van der Waals surface area contributed by atoms with Crippen LogP contribution in [-0.2, 0) is 19.4 Å². The highest BCUT2D eigenvalue weighted by Crippen LogP contribution is 2.13. The summed E-state index contributed by atoms with van der Waals surface area (Å²) in [6, 6.07) is 0. The van der Waals surface area contributed by atoms with Crippen LogP contribution in [0.1, 0.15) is 19.8 Å². The Hall–Kier alpha value is -1.54. The van der Waals surface area contributed by atoms with Crippen LogP contribution >= 0.6 is 0 Å². The van der Waals surface area contributed by atoms with Gasteiger partial charge in [0, 0.05) is 25.5 Å². The van der Waals surface area contributed by atoms with E-state index in [0.29, 0.717) is 13.2 Å². The van der Waals surface area contributed by atoms with Crippen molar-refractivity contribution in [3.05, 3.63) is 18.6 Å². The van der Waals surface area contributed by atoms with Crippen LogP contribution in [0, 0.1) is 0 Å². The van der Waals surface area contributed by atoms with Gasteiger partial charge in [0.15, 0.2) is 5.03 Å². The van der Waals surface area contributed by atoms with Crippen molar-refractivity contribution in [3.63, 3.8) is 0 Å². The Morgan fingerprint density at radius 1 is 1.55 bits per heavy atom. The van der Waals surface area contributed by atoms with E-state index < -0.39 is 21.0 Å². The van der Waals surface area contributed by atoms with Gasteiger partial charge in [-0.3, -0.25) is 9.78 Å². The monoisotopic (exact) mass is 299 g/mol. The van der Waals surface area contributed by atoms with E-state index in [9.17, 15) is 13.2 Å². The second-order valence-corrected chi connectivity index (χ2v) is 6.83. The Morgan fingerprint density at radius 2 is 2.35 bits per heavy atom. The fourth-order valence-corrected chi connectivity index (χ4v) is 3.06. The molecular weight excluding hydrogens is 282 g/mol. The Morgan fingerprint density at radius 3 is 2.95 bits per heavy atom. The molecule has 0 aliphatic carbocycles. The molecule has 1 aromatic rings. The molecule has 1 aromatic heterocycles. The molecule has 2 rings (SSSR count). The van der Waals surface area contributed by atoms with Gasteiger partial charge in [-0.2, -0.15) is 0 Å². The lowest BCUT2D eigenvalue weighted by atomic mass is 10.2. The molecule has 110 valence electrons. The zero-order chi connectivity index (χ0) is 14.6. The molecule has 1 fully saturated rings. The number of hydrogen-bond donors (Lipinski definition) is 1. The lowest BCUT2D eigenvalue weighted by Gasteiger charge is -2.15. The van der Waals surface area contributed by atoms with Crippen molar-refractivity contribution in [3.8, 4) is 0 Å². The van der Waals surface area contributed by atoms with E-state index in [1.54, 1.807) is 0 Å². The van der Waals surface area contributed by atoms with Crippen LogP contribution in [0.5, 0.6) is 0 Å². The maximum atomic E-state index is 12.2. The van der Waals surface area contributed by atoms with E-state index in [1.807, 2.05) is 0 Å². The first-order valence-corrected chi connectivity index (χ1v) is 7.95. The number of sulfone groups is 1. The number of aromatic nitrogens is 2. The number of carbonyl (C=O) groups is 1. The number of nitrogens with one attached hydrogen (secondary N) is 1. The molecule has 1 aliphatic heterocycles. The maximum absolute atomic E-state index is 12.2. The lowest BCUT2D eigenvalue weighted by Crippen LogP contribution is -2.41. The first-order valence-electron chi connectivity index (χ1n) is 6.41. The summed E-state index contributed by atoms with van der Waals surface area (Å²) in [5, 5.41) is 1.21.